The highest BCUT2D eigenvalue weighted by Crippen LogP contribution is 2.24. The maximum atomic E-state index is 12.6. The zero-order valence-corrected chi connectivity index (χ0v) is 17.9. The Morgan fingerprint density at radius 3 is 2.48 bits per heavy atom. The van der Waals surface area contributed by atoms with Gasteiger partial charge < -0.3 is 9.64 Å². The molecule has 6 heteroatoms. The summed E-state index contributed by atoms with van der Waals surface area (Å²) in [5, 5.41) is 4.07. The Balaban J connectivity index is 1.67. The van der Waals surface area contributed by atoms with Crippen molar-refractivity contribution in [2.75, 3.05) is 19.0 Å². The normalized spacial score (nSPS) is 10.7. The molecule has 3 rings (SSSR count). The van der Waals surface area contributed by atoms with E-state index >= 15 is 0 Å². The molecule has 1 N–H and O–H groups in total. The molecule has 0 spiro atoms. The Kier molecular flexibility index (Phi) is 7.03. The van der Waals surface area contributed by atoms with Crippen molar-refractivity contribution in [3.8, 4) is 5.75 Å². The molecule has 29 heavy (non-hydrogen) atoms. The molecule has 0 aliphatic rings. The van der Waals surface area contributed by atoms with E-state index in [1.165, 1.54) is 0 Å². The lowest BCUT2D eigenvalue weighted by Crippen LogP contribution is -2.19. The third kappa shape index (κ3) is 5.93. The Morgan fingerprint density at radius 1 is 1.07 bits per heavy atom. The molecule has 1 amide bonds. The standard InChI is InChI=1S/C23H22BrN3O2/c1-27(2)20-11-8-17(9-12-20)15-25-26-23(28)21-14-19(24)10-13-22(21)29-16-18-6-4-3-5-7-18/h3-15H,16H2,1-2H3,(H,26,28)/b25-15+. The van der Waals surface area contributed by atoms with E-state index in [1.807, 2.05) is 79.7 Å². The van der Waals surface area contributed by atoms with Gasteiger partial charge in [0.05, 0.1) is 11.8 Å². The van der Waals surface area contributed by atoms with Crippen LogP contribution in [0.1, 0.15) is 21.5 Å². The molecule has 0 unspecified atom stereocenters. The Morgan fingerprint density at radius 2 is 1.79 bits per heavy atom. The number of anilines is 1. The summed E-state index contributed by atoms with van der Waals surface area (Å²) in [5.41, 5.74) is 6.00. The van der Waals surface area contributed by atoms with Gasteiger partial charge in [0.1, 0.15) is 12.4 Å². The number of hydrogen-bond acceptors (Lipinski definition) is 4. The monoisotopic (exact) mass is 451 g/mol. The first-order valence-electron chi connectivity index (χ1n) is 9.10. The number of carbonyl (C=O) groups is 1. The Labute approximate surface area is 179 Å². The van der Waals surface area contributed by atoms with Crippen LogP contribution in [0.25, 0.3) is 0 Å². The SMILES string of the molecule is CN(C)c1ccc(/C=N/NC(=O)c2cc(Br)ccc2OCc2ccccc2)cc1. The lowest BCUT2D eigenvalue weighted by atomic mass is 10.2. The largest absolute Gasteiger partial charge is 0.488 e. The van der Waals surface area contributed by atoms with Crippen molar-refractivity contribution in [1.29, 1.82) is 0 Å². The third-order valence-corrected chi connectivity index (χ3v) is 4.71. The fourth-order valence-electron chi connectivity index (χ4n) is 2.63. The van der Waals surface area contributed by atoms with Crippen LogP contribution in [0.15, 0.2) is 82.4 Å². The number of hydrazone groups is 1. The second-order valence-corrected chi connectivity index (χ2v) is 7.52. The molecule has 0 radical (unpaired) electrons. The number of nitrogens with zero attached hydrogens (tertiary/aromatic N) is 2. The zero-order chi connectivity index (χ0) is 20.6. The molecular formula is C23H22BrN3O2. The van der Waals surface area contributed by atoms with Crippen LogP contribution < -0.4 is 15.1 Å². The Bertz CT molecular complexity index is 987. The van der Waals surface area contributed by atoms with Crippen molar-refractivity contribution < 1.29 is 9.53 Å². The molecule has 0 aliphatic carbocycles. The molecule has 3 aromatic rings. The van der Waals surface area contributed by atoms with E-state index < -0.39 is 0 Å². The topological polar surface area (TPSA) is 53.9 Å². The van der Waals surface area contributed by atoms with Crippen LogP contribution in [-0.4, -0.2) is 26.2 Å². The molecule has 148 valence electrons. The summed E-state index contributed by atoms with van der Waals surface area (Å²) >= 11 is 3.41. The van der Waals surface area contributed by atoms with Gasteiger partial charge in [-0.1, -0.05) is 58.4 Å². The summed E-state index contributed by atoms with van der Waals surface area (Å²) in [7, 11) is 3.97. The van der Waals surface area contributed by atoms with Crippen molar-refractivity contribution in [2.24, 2.45) is 5.10 Å². The highest BCUT2D eigenvalue weighted by Gasteiger charge is 2.13. The molecule has 3 aromatic carbocycles. The average Bonchev–Trinajstić information content (AvgIpc) is 2.74. The lowest BCUT2D eigenvalue weighted by molar-refractivity contribution is 0.0950. The fraction of sp³-hybridized carbons (Fsp3) is 0.130. The van der Waals surface area contributed by atoms with Gasteiger partial charge in [-0.05, 0) is 41.5 Å². The molecular weight excluding hydrogens is 430 g/mol. The van der Waals surface area contributed by atoms with Gasteiger partial charge in [0, 0.05) is 24.3 Å². The minimum atomic E-state index is -0.337. The molecule has 0 atom stereocenters. The summed E-state index contributed by atoms with van der Waals surface area (Å²) in [5.74, 6) is 0.163. The fourth-order valence-corrected chi connectivity index (χ4v) is 2.99. The maximum absolute atomic E-state index is 12.6. The summed E-state index contributed by atoms with van der Waals surface area (Å²) in [6.07, 6.45) is 1.61. The van der Waals surface area contributed by atoms with Crippen molar-refractivity contribution in [1.82, 2.24) is 5.43 Å². The van der Waals surface area contributed by atoms with Gasteiger partial charge in [-0.15, -0.1) is 0 Å². The molecule has 0 saturated heterocycles. The number of hydrogen-bond donors (Lipinski definition) is 1. The summed E-state index contributed by atoms with van der Waals surface area (Å²) < 4.78 is 6.65. The number of benzene rings is 3. The highest BCUT2D eigenvalue weighted by molar-refractivity contribution is 9.10. The van der Waals surface area contributed by atoms with Crippen LogP contribution >= 0.6 is 15.9 Å². The van der Waals surface area contributed by atoms with E-state index in [9.17, 15) is 4.79 Å². The minimum Gasteiger partial charge on any atom is -0.488 e. The van der Waals surface area contributed by atoms with Crippen LogP contribution in [0.4, 0.5) is 5.69 Å². The number of rotatable bonds is 7. The number of amides is 1. The summed E-state index contributed by atoms with van der Waals surface area (Å²) in [6, 6.07) is 23.0. The smallest absolute Gasteiger partial charge is 0.275 e. The number of ether oxygens (including phenoxy) is 1. The van der Waals surface area contributed by atoms with Crippen molar-refractivity contribution >= 4 is 33.7 Å². The molecule has 0 bridgehead atoms. The molecule has 0 aromatic heterocycles. The predicted molar refractivity (Wildman–Crippen MR) is 121 cm³/mol. The van der Waals surface area contributed by atoms with E-state index in [0.29, 0.717) is 17.9 Å². The summed E-state index contributed by atoms with van der Waals surface area (Å²) in [4.78, 5) is 14.7. The van der Waals surface area contributed by atoms with E-state index in [1.54, 1.807) is 18.3 Å². The third-order valence-electron chi connectivity index (χ3n) is 4.21. The maximum Gasteiger partial charge on any atom is 0.275 e. The van der Waals surface area contributed by atoms with E-state index in [-0.39, 0.29) is 5.91 Å². The highest BCUT2D eigenvalue weighted by atomic mass is 79.9. The molecule has 0 aliphatic heterocycles. The molecule has 0 saturated carbocycles. The van der Waals surface area contributed by atoms with E-state index in [4.69, 9.17) is 4.74 Å². The number of nitrogens with one attached hydrogen (secondary N) is 1. The van der Waals surface area contributed by atoms with Gasteiger partial charge >= 0.3 is 0 Å². The zero-order valence-electron chi connectivity index (χ0n) is 16.3. The van der Waals surface area contributed by atoms with Crippen molar-refractivity contribution in [3.05, 3.63) is 94.0 Å². The van der Waals surface area contributed by atoms with Crippen LogP contribution in [0.5, 0.6) is 5.75 Å². The average molecular weight is 452 g/mol. The molecule has 5 nitrogen and oxygen atoms in total. The second-order valence-electron chi connectivity index (χ2n) is 6.60. The van der Waals surface area contributed by atoms with Crippen LogP contribution in [0, 0.1) is 0 Å². The number of halogens is 1. The van der Waals surface area contributed by atoms with Gasteiger partial charge in [0.15, 0.2) is 0 Å². The lowest BCUT2D eigenvalue weighted by Gasteiger charge is -2.12. The molecule has 0 heterocycles. The van der Waals surface area contributed by atoms with E-state index in [2.05, 4.69) is 26.5 Å². The van der Waals surface area contributed by atoms with Crippen molar-refractivity contribution in [3.63, 3.8) is 0 Å². The first-order chi connectivity index (χ1) is 14.0. The van der Waals surface area contributed by atoms with Gasteiger partial charge in [0.2, 0.25) is 0 Å². The predicted octanol–water partition coefficient (Wildman–Crippen LogP) is 4.86. The molecule has 0 fully saturated rings. The van der Waals surface area contributed by atoms with Crippen LogP contribution in [0.3, 0.4) is 0 Å². The quantitative estimate of drug-likeness (QED) is 0.412. The second kappa shape index (κ2) is 9.89. The van der Waals surface area contributed by atoms with Gasteiger partial charge in [-0.25, -0.2) is 5.43 Å². The first kappa shape index (κ1) is 20.6. The van der Waals surface area contributed by atoms with Crippen LogP contribution in [0.2, 0.25) is 0 Å². The van der Waals surface area contributed by atoms with Crippen LogP contribution in [-0.2, 0) is 6.61 Å². The Hall–Kier alpha value is -3.12. The van der Waals surface area contributed by atoms with Gasteiger partial charge in [0.25, 0.3) is 5.91 Å². The van der Waals surface area contributed by atoms with Gasteiger partial charge in [-0.3, -0.25) is 4.79 Å². The van der Waals surface area contributed by atoms with Gasteiger partial charge in [-0.2, -0.15) is 5.10 Å². The first-order valence-corrected chi connectivity index (χ1v) is 9.89. The van der Waals surface area contributed by atoms with E-state index in [0.717, 1.165) is 21.3 Å². The number of carbonyl (C=O) groups excluding carboxylic acids is 1. The minimum absolute atomic E-state index is 0.337. The van der Waals surface area contributed by atoms with Crippen molar-refractivity contribution in [2.45, 2.75) is 6.61 Å². The summed E-state index contributed by atoms with van der Waals surface area (Å²) in [6.45, 7) is 0.379.